The molecule has 0 atom stereocenters. The van der Waals surface area contributed by atoms with Crippen molar-refractivity contribution in [1.82, 2.24) is 0 Å². The molecule has 2 rings (SSSR count). The first-order valence-electron chi connectivity index (χ1n) is 6.88. The first-order chi connectivity index (χ1) is 9.60. The topological polar surface area (TPSA) is 17.1 Å². The lowest BCUT2D eigenvalue weighted by Gasteiger charge is -2.07. The SMILES string of the molecule is CSc1ccc(C(=O)c2cccc(CC(C)C)c2)cc1. The van der Waals surface area contributed by atoms with E-state index in [0.717, 1.165) is 17.5 Å². The van der Waals surface area contributed by atoms with Crippen molar-refractivity contribution in [2.75, 3.05) is 6.26 Å². The maximum absolute atomic E-state index is 12.5. The van der Waals surface area contributed by atoms with E-state index in [9.17, 15) is 4.79 Å². The highest BCUT2D eigenvalue weighted by Gasteiger charge is 2.10. The molecule has 0 bridgehead atoms. The van der Waals surface area contributed by atoms with E-state index in [-0.39, 0.29) is 5.78 Å². The average Bonchev–Trinajstić information content (AvgIpc) is 2.46. The molecule has 0 saturated heterocycles. The van der Waals surface area contributed by atoms with Crippen molar-refractivity contribution in [3.05, 3.63) is 65.2 Å². The monoisotopic (exact) mass is 284 g/mol. The Bertz CT molecular complexity index is 585. The molecule has 0 amide bonds. The highest BCUT2D eigenvalue weighted by molar-refractivity contribution is 7.98. The number of rotatable bonds is 5. The van der Waals surface area contributed by atoms with Gasteiger partial charge in [0.1, 0.15) is 0 Å². The van der Waals surface area contributed by atoms with Gasteiger partial charge in [-0.25, -0.2) is 0 Å². The smallest absolute Gasteiger partial charge is 0.193 e. The maximum atomic E-state index is 12.5. The molecule has 0 unspecified atom stereocenters. The van der Waals surface area contributed by atoms with Crippen LogP contribution in [0, 0.1) is 5.92 Å². The number of carbonyl (C=O) groups is 1. The zero-order valence-electron chi connectivity index (χ0n) is 12.2. The summed E-state index contributed by atoms with van der Waals surface area (Å²) in [5.41, 5.74) is 2.76. The molecular weight excluding hydrogens is 264 g/mol. The molecule has 0 aliphatic heterocycles. The van der Waals surface area contributed by atoms with Gasteiger partial charge in [0.05, 0.1) is 0 Å². The Morgan fingerprint density at radius 3 is 2.35 bits per heavy atom. The van der Waals surface area contributed by atoms with Crippen LogP contribution in [0.3, 0.4) is 0 Å². The molecule has 0 N–H and O–H groups in total. The van der Waals surface area contributed by atoms with E-state index in [2.05, 4.69) is 19.9 Å². The third kappa shape index (κ3) is 3.73. The fourth-order valence-corrected chi connectivity index (χ4v) is 2.63. The van der Waals surface area contributed by atoms with Crippen LogP contribution in [0.15, 0.2) is 53.4 Å². The standard InChI is InChI=1S/C18H20OS/c1-13(2)11-14-5-4-6-16(12-14)18(19)15-7-9-17(20-3)10-8-15/h4-10,12-13H,11H2,1-3H3. The Kier molecular flexibility index (Phi) is 5.02. The third-order valence-electron chi connectivity index (χ3n) is 3.19. The van der Waals surface area contributed by atoms with Gasteiger partial charge in [0, 0.05) is 16.0 Å². The van der Waals surface area contributed by atoms with Crippen LogP contribution in [0.2, 0.25) is 0 Å². The normalized spacial score (nSPS) is 10.8. The summed E-state index contributed by atoms with van der Waals surface area (Å²) < 4.78 is 0. The molecule has 2 aromatic rings. The van der Waals surface area contributed by atoms with Gasteiger partial charge >= 0.3 is 0 Å². The predicted octanol–water partition coefficient (Wildman–Crippen LogP) is 4.84. The van der Waals surface area contributed by atoms with Gasteiger partial charge in [0.2, 0.25) is 0 Å². The summed E-state index contributed by atoms with van der Waals surface area (Å²) in [5, 5.41) is 0. The fourth-order valence-electron chi connectivity index (χ4n) is 2.22. The summed E-state index contributed by atoms with van der Waals surface area (Å²) in [5.74, 6) is 0.699. The molecule has 0 saturated carbocycles. The van der Waals surface area contributed by atoms with Crippen molar-refractivity contribution in [2.24, 2.45) is 5.92 Å². The highest BCUT2D eigenvalue weighted by atomic mass is 32.2. The molecule has 0 fully saturated rings. The van der Waals surface area contributed by atoms with Crippen LogP contribution < -0.4 is 0 Å². The minimum Gasteiger partial charge on any atom is -0.289 e. The van der Waals surface area contributed by atoms with E-state index in [4.69, 9.17) is 0 Å². The molecule has 0 radical (unpaired) electrons. The Morgan fingerprint density at radius 1 is 1.05 bits per heavy atom. The molecule has 1 nitrogen and oxygen atoms in total. The molecule has 20 heavy (non-hydrogen) atoms. The molecule has 2 heteroatoms. The van der Waals surface area contributed by atoms with Crippen LogP contribution in [0.4, 0.5) is 0 Å². The van der Waals surface area contributed by atoms with Crippen molar-refractivity contribution >= 4 is 17.5 Å². The quantitative estimate of drug-likeness (QED) is 0.577. The summed E-state index contributed by atoms with van der Waals surface area (Å²) in [4.78, 5) is 13.7. The molecule has 0 heterocycles. The lowest BCUT2D eigenvalue weighted by atomic mass is 9.97. The van der Waals surface area contributed by atoms with Gasteiger partial charge in [-0.15, -0.1) is 11.8 Å². The number of carbonyl (C=O) groups excluding carboxylic acids is 1. The van der Waals surface area contributed by atoms with Crippen molar-refractivity contribution in [1.29, 1.82) is 0 Å². The number of thioether (sulfide) groups is 1. The van der Waals surface area contributed by atoms with Crippen LogP contribution in [-0.2, 0) is 6.42 Å². The Balaban J connectivity index is 2.23. The molecule has 0 aliphatic carbocycles. The van der Waals surface area contributed by atoms with Crippen LogP contribution in [0.1, 0.15) is 35.3 Å². The van der Waals surface area contributed by atoms with Gasteiger partial charge in [-0.05, 0) is 54.5 Å². The van der Waals surface area contributed by atoms with Crippen LogP contribution >= 0.6 is 11.8 Å². The van der Waals surface area contributed by atoms with Crippen LogP contribution in [0.25, 0.3) is 0 Å². The minimum absolute atomic E-state index is 0.100. The van der Waals surface area contributed by atoms with E-state index < -0.39 is 0 Å². The predicted molar refractivity (Wildman–Crippen MR) is 86.6 cm³/mol. The molecule has 0 aromatic heterocycles. The molecule has 104 valence electrons. The van der Waals surface area contributed by atoms with E-state index in [1.165, 1.54) is 10.5 Å². The summed E-state index contributed by atoms with van der Waals surface area (Å²) >= 11 is 1.68. The second-order valence-corrected chi connectivity index (χ2v) is 6.24. The zero-order valence-corrected chi connectivity index (χ0v) is 13.0. The summed E-state index contributed by atoms with van der Waals surface area (Å²) in [6.07, 6.45) is 3.04. The maximum Gasteiger partial charge on any atom is 0.193 e. The van der Waals surface area contributed by atoms with Crippen molar-refractivity contribution in [2.45, 2.75) is 25.2 Å². The van der Waals surface area contributed by atoms with E-state index in [1.807, 2.05) is 48.7 Å². The van der Waals surface area contributed by atoms with Gasteiger partial charge in [-0.3, -0.25) is 4.79 Å². The third-order valence-corrected chi connectivity index (χ3v) is 3.93. The Labute approximate surface area is 125 Å². The van der Waals surface area contributed by atoms with Crippen molar-refractivity contribution in [3.8, 4) is 0 Å². The highest BCUT2D eigenvalue weighted by Crippen LogP contribution is 2.18. The number of hydrogen-bond acceptors (Lipinski definition) is 2. The van der Waals surface area contributed by atoms with Gasteiger partial charge < -0.3 is 0 Å². The Hall–Kier alpha value is -1.54. The second kappa shape index (κ2) is 6.76. The number of hydrogen-bond donors (Lipinski definition) is 0. The molecule has 0 aliphatic rings. The lowest BCUT2D eigenvalue weighted by Crippen LogP contribution is -2.03. The van der Waals surface area contributed by atoms with Crippen molar-refractivity contribution < 1.29 is 4.79 Å². The van der Waals surface area contributed by atoms with Gasteiger partial charge in [-0.2, -0.15) is 0 Å². The average molecular weight is 284 g/mol. The summed E-state index contributed by atoms with van der Waals surface area (Å²) in [6, 6.07) is 15.8. The Morgan fingerprint density at radius 2 is 1.75 bits per heavy atom. The fraction of sp³-hybridized carbons (Fsp3) is 0.278. The summed E-state index contributed by atoms with van der Waals surface area (Å²) in [6.45, 7) is 4.38. The summed E-state index contributed by atoms with van der Waals surface area (Å²) in [7, 11) is 0. The molecular formula is C18H20OS. The van der Waals surface area contributed by atoms with Gasteiger partial charge in [0.15, 0.2) is 5.78 Å². The zero-order chi connectivity index (χ0) is 14.5. The van der Waals surface area contributed by atoms with Crippen LogP contribution in [0.5, 0.6) is 0 Å². The van der Waals surface area contributed by atoms with E-state index in [1.54, 1.807) is 11.8 Å². The lowest BCUT2D eigenvalue weighted by molar-refractivity contribution is 0.103. The first kappa shape index (κ1) is 14.9. The first-order valence-corrected chi connectivity index (χ1v) is 8.10. The van der Waals surface area contributed by atoms with Crippen molar-refractivity contribution in [3.63, 3.8) is 0 Å². The molecule has 2 aromatic carbocycles. The van der Waals surface area contributed by atoms with Gasteiger partial charge in [-0.1, -0.05) is 32.0 Å². The molecule has 0 spiro atoms. The largest absolute Gasteiger partial charge is 0.289 e. The van der Waals surface area contributed by atoms with Crippen LogP contribution in [-0.4, -0.2) is 12.0 Å². The van der Waals surface area contributed by atoms with E-state index in [0.29, 0.717) is 5.92 Å². The number of ketones is 1. The number of benzene rings is 2. The van der Waals surface area contributed by atoms with Gasteiger partial charge in [0.25, 0.3) is 0 Å². The minimum atomic E-state index is 0.100. The second-order valence-electron chi connectivity index (χ2n) is 5.36. The van der Waals surface area contributed by atoms with E-state index >= 15 is 0 Å².